The minimum atomic E-state index is -0.486. The van der Waals surface area contributed by atoms with E-state index in [1.807, 2.05) is 6.07 Å². The molecular formula is C20H23N3O2. The maximum atomic E-state index is 11.1. The normalized spacial score (nSPS) is 18.1. The van der Waals surface area contributed by atoms with Crippen molar-refractivity contribution < 1.29 is 9.53 Å². The van der Waals surface area contributed by atoms with E-state index in [1.54, 1.807) is 12.1 Å². The predicted molar refractivity (Wildman–Crippen MR) is 95.9 cm³/mol. The third-order valence-corrected chi connectivity index (χ3v) is 5.35. The summed E-state index contributed by atoms with van der Waals surface area (Å²) in [4.78, 5) is 17.9. The molecule has 0 saturated heterocycles. The Morgan fingerprint density at radius 2 is 1.92 bits per heavy atom. The number of amides is 1. The fourth-order valence-electron chi connectivity index (χ4n) is 3.61. The zero-order chi connectivity index (χ0) is 17.2. The minimum absolute atomic E-state index is 0.380. The van der Waals surface area contributed by atoms with E-state index in [4.69, 9.17) is 10.5 Å². The summed E-state index contributed by atoms with van der Waals surface area (Å²) in [7, 11) is 0. The molecule has 0 radical (unpaired) electrons. The molecule has 0 bridgehead atoms. The maximum absolute atomic E-state index is 11.1. The van der Waals surface area contributed by atoms with Crippen molar-refractivity contribution in [2.75, 3.05) is 13.1 Å². The lowest BCUT2D eigenvalue weighted by molar-refractivity contribution is 0.1000. The zero-order valence-electron chi connectivity index (χ0n) is 14.3. The van der Waals surface area contributed by atoms with E-state index in [2.05, 4.69) is 22.0 Å². The molecule has 5 heteroatoms. The third-order valence-electron chi connectivity index (χ3n) is 5.35. The number of aromatic nitrogens is 1. The number of pyridine rings is 1. The molecule has 1 aliphatic carbocycles. The second kappa shape index (κ2) is 6.84. The summed E-state index contributed by atoms with van der Waals surface area (Å²) in [6, 6.07) is 10.4. The zero-order valence-corrected chi connectivity index (χ0v) is 14.3. The fourth-order valence-corrected chi connectivity index (χ4v) is 3.61. The number of ether oxygens (including phenoxy) is 1. The van der Waals surface area contributed by atoms with Gasteiger partial charge in [-0.1, -0.05) is 12.5 Å². The van der Waals surface area contributed by atoms with E-state index in [-0.39, 0.29) is 0 Å². The minimum Gasteiger partial charge on any atom is -0.439 e. The monoisotopic (exact) mass is 337 g/mol. The first-order chi connectivity index (χ1) is 12.2. The van der Waals surface area contributed by atoms with Gasteiger partial charge in [-0.3, -0.25) is 9.69 Å². The Labute approximate surface area is 147 Å². The summed E-state index contributed by atoms with van der Waals surface area (Å²) in [6.07, 6.45) is 7.72. The number of carbonyl (C=O) groups excluding carboxylic acids is 1. The van der Waals surface area contributed by atoms with Crippen LogP contribution in [0.2, 0.25) is 0 Å². The molecule has 130 valence electrons. The Morgan fingerprint density at radius 1 is 1.12 bits per heavy atom. The summed E-state index contributed by atoms with van der Waals surface area (Å²) in [5.74, 6) is 0.768. The van der Waals surface area contributed by atoms with Crippen molar-refractivity contribution in [2.45, 2.75) is 38.1 Å². The Morgan fingerprint density at radius 3 is 2.56 bits per heavy atom. The average Bonchev–Trinajstić information content (AvgIpc) is 2.77. The first kappa shape index (κ1) is 16.1. The van der Waals surface area contributed by atoms with E-state index in [9.17, 15) is 4.79 Å². The second-order valence-electron chi connectivity index (χ2n) is 6.90. The molecule has 0 unspecified atom stereocenters. The maximum Gasteiger partial charge on any atom is 0.250 e. The molecule has 1 fully saturated rings. The van der Waals surface area contributed by atoms with Gasteiger partial charge in [0, 0.05) is 31.4 Å². The lowest BCUT2D eigenvalue weighted by Gasteiger charge is -2.36. The van der Waals surface area contributed by atoms with Crippen molar-refractivity contribution in [3.8, 4) is 11.6 Å². The summed E-state index contributed by atoms with van der Waals surface area (Å²) in [6.45, 7) is 2.29. The smallest absolute Gasteiger partial charge is 0.250 e. The predicted octanol–water partition coefficient (Wildman–Crippen LogP) is 2.93. The van der Waals surface area contributed by atoms with Crippen LogP contribution in [0.3, 0.4) is 0 Å². The second-order valence-corrected chi connectivity index (χ2v) is 6.90. The highest BCUT2D eigenvalue weighted by atomic mass is 16.5. The molecule has 0 spiro atoms. The molecule has 2 aromatic rings. The Kier molecular flexibility index (Phi) is 4.40. The van der Waals surface area contributed by atoms with Gasteiger partial charge in [0.15, 0.2) is 0 Å². The molecule has 0 atom stereocenters. The first-order valence-electron chi connectivity index (χ1n) is 8.98. The fraction of sp³-hybridized carbons (Fsp3) is 0.400. The first-order valence-corrected chi connectivity index (χ1v) is 8.98. The summed E-state index contributed by atoms with van der Waals surface area (Å²) >= 11 is 0. The molecule has 2 aliphatic rings. The van der Waals surface area contributed by atoms with Gasteiger partial charge in [-0.2, -0.15) is 0 Å². The number of fused-ring (bicyclic) bond motifs is 1. The van der Waals surface area contributed by atoms with Crippen LogP contribution in [-0.2, 0) is 12.8 Å². The molecule has 5 nitrogen and oxygen atoms in total. The van der Waals surface area contributed by atoms with Crippen molar-refractivity contribution in [3.05, 3.63) is 53.2 Å². The van der Waals surface area contributed by atoms with Gasteiger partial charge in [0.2, 0.25) is 11.8 Å². The molecule has 1 amide bonds. The van der Waals surface area contributed by atoms with Crippen LogP contribution in [0.5, 0.6) is 11.6 Å². The molecular weight excluding hydrogens is 314 g/mol. The molecule has 1 saturated carbocycles. The SMILES string of the molecule is NC(=O)c1ccc(Oc2ccc3c(c2)CCN(C2CCC2)CC3)nc1. The van der Waals surface area contributed by atoms with Crippen LogP contribution in [0.25, 0.3) is 0 Å². The van der Waals surface area contributed by atoms with Gasteiger partial charge in [0.25, 0.3) is 0 Å². The van der Waals surface area contributed by atoms with Gasteiger partial charge in [0.05, 0.1) is 5.56 Å². The number of rotatable bonds is 4. The molecule has 4 rings (SSSR count). The van der Waals surface area contributed by atoms with Crippen LogP contribution >= 0.6 is 0 Å². The summed E-state index contributed by atoms with van der Waals surface area (Å²) in [5, 5.41) is 0. The van der Waals surface area contributed by atoms with Crippen molar-refractivity contribution in [3.63, 3.8) is 0 Å². The average molecular weight is 337 g/mol. The number of nitrogens with zero attached hydrogens (tertiary/aromatic N) is 2. The number of primary amides is 1. The largest absolute Gasteiger partial charge is 0.439 e. The Bertz CT molecular complexity index is 769. The molecule has 2 heterocycles. The number of hydrogen-bond donors (Lipinski definition) is 1. The van der Waals surface area contributed by atoms with Gasteiger partial charge in [-0.25, -0.2) is 4.98 Å². The standard InChI is InChI=1S/C20H23N3O2/c21-20(24)16-5-7-19(22-13-16)25-18-6-4-14-8-10-23(17-2-1-3-17)11-9-15(14)12-18/h4-7,12-13,17H,1-3,8-11H2,(H2,21,24). The van der Waals surface area contributed by atoms with Crippen LogP contribution in [0, 0.1) is 0 Å². The molecule has 25 heavy (non-hydrogen) atoms. The topological polar surface area (TPSA) is 68.5 Å². The van der Waals surface area contributed by atoms with Gasteiger partial charge in [-0.15, -0.1) is 0 Å². The number of nitrogens with two attached hydrogens (primary N) is 1. The van der Waals surface area contributed by atoms with E-state index < -0.39 is 5.91 Å². The van der Waals surface area contributed by atoms with Crippen molar-refractivity contribution >= 4 is 5.91 Å². The molecule has 2 N–H and O–H groups in total. The van der Waals surface area contributed by atoms with E-state index in [0.717, 1.165) is 37.7 Å². The lowest BCUT2D eigenvalue weighted by atomic mass is 9.91. The number of benzene rings is 1. The van der Waals surface area contributed by atoms with Gasteiger partial charge in [-0.05, 0) is 55.0 Å². The highest BCUT2D eigenvalue weighted by molar-refractivity contribution is 5.92. The molecule has 1 aliphatic heterocycles. The molecule has 1 aromatic heterocycles. The Hall–Kier alpha value is -2.40. The van der Waals surface area contributed by atoms with Crippen molar-refractivity contribution in [1.82, 2.24) is 9.88 Å². The van der Waals surface area contributed by atoms with E-state index >= 15 is 0 Å². The summed E-state index contributed by atoms with van der Waals surface area (Å²) in [5.41, 5.74) is 8.40. The van der Waals surface area contributed by atoms with Gasteiger partial charge >= 0.3 is 0 Å². The quantitative estimate of drug-likeness (QED) is 0.931. The van der Waals surface area contributed by atoms with Crippen molar-refractivity contribution in [1.29, 1.82) is 0 Å². The molecule has 1 aromatic carbocycles. The third kappa shape index (κ3) is 3.51. The summed E-state index contributed by atoms with van der Waals surface area (Å²) < 4.78 is 5.85. The van der Waals surface area contributed by atoms with Crippen molar-refractivity contribution in [2.24, 2.45) is 5.73 Å². The van der Waals surface area contributed by atoms with E-state index in [0.29, 0.717) is 11.4 Å². The number of hydrogen-bond acceptors (Lipinski definition) is 4. The highest BCUT2D eigenvalue weighted by Crippen LogP contribution is 2.29. The van der Waals surface area contributed by atoms with Crippen LogP contribution in [0.4, 0.5) is 0 Å². The van der Waals surface area contributed by atoms with Gasteiger partial charge in [0.1, 0.15) is 5.75 Å². The lowest BCUT2D eigenvalue weighted by Crippen LogP contribution is -2.41. The van der Waals surface area contributed by atoms with Crippen LogP contribution in [0.1, 0.15) is 40.7 Å². The number of carbonyl (C=O) groups is 1. The van der Waals surface area contributed by atoms with Crippen LogP contribution < -0.4 is 10.5 Å². The van der Waals surface area contributed by atoms with Gasteiger partial charge < -0.3 is 10.5 Å². The van der Waals surface area contributed by atoms with Crippen LogP contribution in [0.15, 0.2) is 36.5 Å². The Balaban J connectivity index is 1.46. The van der Waals surface area contributed by atoms with Crippen LogP contribution in [-0.4, -0.2) is 34.9 Å². The van der Waals surface area contributed by atoms with E-state index in [1.165, 1.54) is 36.6 Å². The highest BCUT2D eigenvalue weighted by Gasteiger charge is 2.26.